The molecule has 3 rings (SSSR count). The highest BCUT2D eigenvalue weighted by atomic mass is 32.2. The zero-order valence-corrected chi connectivity index (χ0v) is 12.8. The minimum absolute atomic E-state index is 0.0556. The first-order chi connectivity index (χ1) is 10.2. The van der Waals surface area contributed by atoms with Gasteiger partial charge in [0.15, 0.2) is 17.3 Å². The summed E-state index contributed by atoms with van der Waals surface area (Å²) in [5, 5.41) is 13.9. The van der Waals surface area contributed by atoms with Crippen LogP contribution in [-0.2, 0) is 0 Å². The van der Waals surface area contributed by atoms with Crippen molar-refractivity contribution in [3.63, 3.8) is 0 Å². The third-order valence-corrected chi connectivity index (χ3v) is 4.58. The molecule has 0 amide bonds. The van der Waals surface area contributed by atoms with Gasteiger partial charge >= 0.3 is 0 Å². The SMILES string of the molecule is COc1ccc(-c2nc(C3CSCCN3C)no2)cc1O. The Morgan fingerprint density at radius 3 is 3.05 bits per heavy atom. The number of nitrogens with zero attached hydrogens (tertiary/aromatic N) is 3. The van der Waals surface area contributed by atoms with E-state index in [2.05, 4.69) is 22.1 Å². The molecule has 1 aliphatic rings. The average Bonchev–Trinajstić information content (AvgIpc) is 2.97. The summed E-state index contributed by atoms with van der Waals surface area (Å²) in [5.41, 5.74) is 0.679. The van der Waals surface area contributed by atoms with Crippen molar-refractivity contribution in [2.45, 2.75) is 6.04 Å². The summed E-state index contributed by atoms with van der Waals surface area (Å²) in [6.45, 7) is 1.02. The standard InChI is InChI=1S/C14H17N3O3S/c1-17-5-6-21-8-10(17)13-15-14(20-16-13)9-3-4-12(19-2)11(18)7-9/h3-4,7,10,18H,5-6,8H2,1-2H3. The van der Waals surface area contributed by atoms with Crippen molar-refractivity contribution in [3.8, 4) is 23.0 Å². The van der Waals surface area contributed by atoms with E-state index in [9.17, 15) is 5.11 Å². The van der Waals surface area contributed by atoms with E-state index in [0.717, 1.165) is 18.1 Å². The van der Waals surface area contributed by atoms with Crippen LogP contribution in [0.4, 0.5) is 0 Å². The molecule has 0 spiro atoms. The number of aromatic nitrogens is 2. The van der Waals surface area contributed by atoms with Gasteiger partial charge in [0.25, 0.3) is 5.89 Å². The van der Waals surface area contributed by atoms with Crippen molar-refractivity contribution in [3.05, 3.63) is 24.0 Å². The first-order valence-corrected chi connectivity index (χ1v) is 7.83. The fourth-order valence-electron chi connectivity index (χ4n) is 2.27. The van der Waals surface area contributed by atoms with Crippen LogP contribution in [0.5, 0.6) is 11.5 Å². The van der Waals surface area contributed by atoms with Crippen molar-refractivity contribution < 1.29 is 14.4 Å². The summed E-state index contributed by atoms with van der Waals surface area (Å²) in [6, 6.07) is 5.20. The summed E-state index contributed by atoms with van der Waals surface area (Å²) in [5.74, 6) is 3.66. The molecule has 2 heterocycles. The minimum Gasteiger partial charge on any atom is -0.504 e. The van der Waals surface area contributed by atoms with E-state index in [-0.39, 0.29) is 11.8 Å². The molecule has 6 nitrogen and oxygen atoms in total. The zero-order valence-electron chi connectivity index (χ0n) is 11.9. The third-order valence-electron chi connectivity index (χ3n) is 3.56. The van der Waals surface area contributed by atoms with Crippen molar-refractivity contribution >= 4 is 11.8 Å². The summed E-state index contributed by atoms with van der Waals surface area (Å²) in [6.07, 6.45) is 0. The van der Waals surface area contributed by atoms with Gasteiger partial charge in [-0.25, -0.2) is 0 Å². The second kappa shape index (κ2) is 5.95. The summed E-state index contributed by atoms with van der Waals surface area (Å²) in [7, 11) is 3.58. The van der Waals surface area contributed by atoms with Crippen LogP contribution in [0.15, 0.2) is 22.7 Å². The Balaban J connectivity index is 1.86. The summed E-state index contributed by atoms with van der Waals surface area (Å²) in [4.78, 5) is 6.70. The molecule has 2 aromatic rings. The first kappa shape index (κ1) is 14.2. The van der Waals surface area contributed by atoms with E-state index in [0.29, 0.717) is 23.0 Å². The highest BCUT2D eigenvalue weighted by Gasteiger charge is 2.26. The Morgan fingerprint density at radius 2 is 2.33 bits per heavy atom. The van der Waals surface area contributed by atoms with Gasteiger partial charge in [-0.2, -0.15) is 16.7 Å². The molecule has 0 radical (unpaired) electrons. The Labute approximate surface area is 127 Å². The number of ether oxygens (including phenoxy) is 1. The highest BCUT2D eigenvalue weighted by Crippen LogP contribution is 2.32. The van der Waals surface area contributed by atoms with Gasteiger partial charge in [0.1, 0.15) is 0 Å². The van der Waals surface area contributed by atoms with Crippen LogP contribution in [0, 0.1) is 0 Å². The molecule has 112 valence electrons. The zero-order chi connectivity index (χ0) is 14.8. The van der Waals surface area contributed by atoms with Gasteiger partial charge in [-0.1, -0.05) is 5.16 Å². The number of phenols is 1. The predicted octanol–water partition coefficient (Wildman–Crippen LogP) is 2.17. The van der Waals surface area contributed by atoms with Crippen LogP contribution >= 0.6 is 11.8 Å². The van der Waals surface area contributed by atoms with Gasteiger partial charge in [-0.05, 0) is 25.2 Å². The quantitative estimate of drug-likeness (QED) is 0.931. The van der Waals surface area contributed by atoms with Crippen LogP contribution in [0.1, 0.15) is 11.9 Å². The van der Waals surface area contributed by atoms with Gasteiger partial charge < -0.3 is 14.4 Å². The first-order valence-electron chi connectivity index (χ1n) is 6.68. The van der Waals surface area contributed by atoms with Gasteiger partial charge in [0, 0.05) is 23.6 Å². The normalized spacial score (nSPS) is 19.6. The predicted molar refractivity (Wildman–Crippen MR) is 80.6 cm³/mol. The van der Waals surface area contributed by atoms with Crippen molar-refractivity contribution in [1.29, 1.82) is 0 Å². The molecular formula is C14H17N3O3S. The monoisotopic (exact) mass is 307 g/mol. The van der Waals surface area contributed by atoms with Gasteiger partial charge in [-0.15, -0.1) is 0 Å². The van der Waals surface area contributed by atoms with Gasteiger partial charge in [-0.3, -0.25) is 4.90 Å². The van der Waals surface area contributed by atoms with Crippen molar-refractivity contribution in [2.75, 3.05) is 32.2 Å². The maximum absolute atomic E-state index is 9.82. The number of hydrogen-bond acceptors (Lipinski definition) is 7. The number of methoxy groups -OCH3 is 1. The lowest BCUT2D eigenvalue weighted by Crippen LogP contribution is -2.33. The molecule has 1 aliphatic heterocycles. The molecule has 0 aliphatic carbocycles. The molecule has 21 heavy (non-hydrogen) atoms. The molecule has 1 saturated heterocycles. The number of rotatable bonds is 3. The smallest absolute Gasteiger partial charge is 0.258 e. The number of benzene rings is 1. The fraction of sp³-hybridized carbons (Fsp3) is 0.429. The topological polar surface area (TPSA) is 71.6 Å². The van der Waals surface area contributed by atoms with Crippen LogP contribution in [0.3, 0.4) is 0 Å². The van der Waals surface area contributed by atoms with E-state index in [4.69, 9.17) is 9.26 Å². The van der Waals surface area contributed by atoms with E-state index in [1.807, 2.05) is 11.8 Å². The molecule has 1 aromatic carbocycles. The number of aromatic hydroxyl groups is 1. The van der Waals surface area contributed by atoms with Crippen LogP contribution in [0.2, 0.25) is 0 Å². The number of hydrogen-bond donors (Lipinski definition) is 1. The van der Waals surface area contributed by atoms with Crippen LogP contribution in [0.25, 0.3) is 11.5 Å². The average molecular weight is 307 g/mol. The van der Waals surface area contributed by atoms with Gasteiger partial charge in [0.2, 0.25) is 0 Å². The molecule has 1 fully saturated rings. The Hall–Kier alpha value is -1.73. The molecule has 1 atom stereocenters. The van der Waals surface area contributed by atoms with Crippen molar-refractivity contribution in [1.82, 2.24) is 15.0 Å². The Bertz CT molecular complexity index is 632. The number of phenolic OH excluding ortho intramolecular Hbond substituents is 1. The lowest BCUT2D eigenvalue weighted by molar-refractivity contribution is 0.257. The molecule has 0 saturated carbocycles. The largest absolute Gasteiger partial charge is 0.504 e. The molecule has 1 N–H and O–H groups in total. The second-order valence-corrected chi connectivity index (χ2v) is 6.07. The number of thioether (sulfide) groups is 1. The minimum atomic E-state index is 0.0556. The Kier molecular flexibility index (Phi) is 4.03. The summed E-state index contributed by atoms with van der Waals surface area (Å²) < 4.78 is 10.4. The molecule has 1 aromatic heterocycles. The molecule has 0 bridgehead atoms. The maximum atomic E-state index is 9.82. The Morgan fingerprint density at radius 1 is 1.48 bits per heavy atom. The molecule has 1 unspecified atom stereocenters. The van der Waals surface area contributed by atoms with Crippen LogP contribution in [-0.4, -0.2) is 52.4 Å². The van der Waals surface area contributed by atoms with E-state index < -0.39 is 0 Å². The maximum Gasteiger partial charge on any atom is 0.258 e. The van der Waals surface area contributed by atoms with E-state index in [1.54, 1.807) is 18.2 Å². The molecular weight excluding hydrogens is 290 g/mol. The lowest BCUT2D eigenvalue weighted by Gasteiger charge is -2.29. The summed E-state index contributed by atoms with van der Waals surface area (Å²) >= 11 is 1.89. The molecule has 7 heteroatoms. The van der Waals surface area contributed by atoms with E-state index in [1.165, 1.54) is 7.11 Å². The highest BCUT2D eigenvalue weighted by molar-refractivity contribution is 7.99. The lowest BCUT2D eigenvalue weighted by atomic mass is 10.2. The van der Waals surface area contributed by atoms with E-state index >= 15 is 0 Å². The van der Waals surface area contributed by atoms with Crippen LogP contribution < -0.4 is 4.74 Å². The third kappa shape index (κ3) is 2.84. The van der Waals surface area contributed by atoms with Gasteiger partial charge in [0.05, 0.1) is 13.2 Å². The second-order valence-electron chi connectivity index (χ2n) is 4.92. The fourth-order valence-corrected chi connectivity index (χ4v) is 3.48. The van der Waals surface area contributed by atoms with Crippen molar-refractivity contribution in [2.24, 2.45) is 0 Å².